The van der Waals surface area contributed by atoms with E-state index in [-0.39, 0.29) is 11.4 Å². The molecule has 1 aromatic heterocycles. The summed E-state index contributed by atoms with van der Waals surface area (Å²) < 4.78 is 0. The monoisotopic (exact) mass is 252 g/mol. The number of hydrogen-bond acceptors (Lipinski definition) is 3. The number of thiophene rings is 1. The van der Waals surface area contributed by atoms with Crippen LogP contribution in [-0.4, -0.2) is 36.0 Å². The highest BCUT2D eigenvalue weighted by atomic mass is 32.1. The van der Waals surface area contributed by atoms with Gasteiger partial charge in [0.2, 0.25) is 0 Å². The van der Waals surface area contributed by atoms with E-state index in [9.17, 15) is 4.79 Å². The average Bonchev–Trinajstić information content (AvgIpc) is 2.58. The molecule has 1 aromatic rings. The molecule has 2 heterocycles. The van der Waals surface area contributed by atoms with Crippen LogP contribution in [0.5, 0.6) is 0 Å². The number of nitrogens with one attached hydrogen (secondary N) is 1. The number of amides is 1. The molecule has 2 rings (SSSR count). The molecule has 0 unspecified atom stereocenters. The van der Waals surface area contributed by atoms with Crippen molar-refractivity contribution in [2.75, 3.05) is 19.6 Å². The van der Waals surface area contributed by atoms with E-state index in [4.69, 9.17) is 0 Å². The fourth-order valence-corrected chi connectivity index (χ4v) is 3.15. The molecule has 1 aliphatic rings. The fraction of sp³-hybridized carbons (Fsp3) is 0.615. The van der Waals surface area contributed by atoms with Crippen LogP contribution in [0, 0.1) is 13.8 Å². The Morgan fingerprint density at radius 3 is 2.71 bits per heavy atom. The van der Waals surface area contributed by atoms with Crippen molar-refractivity contribution in [2.24, 2.45) is 0 Å². The van der Waals surface area contributed by atoms with Crippen LogP contribution in [0.4, 0.5) is 0 Å². The molecule has 1 N–H and O–H groups in total. The number of nitrogens with zero attached hydrogens (tertiary/aromatic N) is 1. The van der Waals surface area contributed by atoms with Crippen LogP contribution in [0.3, 0.4) is 0 Å². The standard InChI is InChI=1S/C13H20N2OS/c1-9-7-11(17-10(9)2)12(16)15-6-5-14-8-13(15,3)4/h7,14H,5-6,8H2,1-4H3. The number of carbonyl (C=O) groups is 1. The largest absolute Gasteiger partial charge is 0.330 e. The lowest BCUT2D eigenvalue weighted by molar-refractivity contribution is 0.0482. The molecule has 0 spiro atoms. The predicted molar refractivity (Wildman–Crippen MR) is 71.8 cm³/mol. The Bertz CT molecular complexity index is 417. The molecule has 0 aromatic carbocycles. The van der Waals surface area contributed by atoms with Crippen molar-refractivity contribution >= 4 is 17.2 Å². The van der Waals surface area contributed by atoms with E-state index in [1.807, 2.05) is 11.0 Å². The normalized spacial score (nSPS) is 19.4. The van der Waals surface area contributed by atoms with Gasteiger partial charge in [-0.1, -0.05) is 0 Å². The molecule has 1 saturated heterocycles. The van der Waals surface area contributed by atoms with Gasteiger partial charge in [-0.3, -0.25) is 4.79 Å². The van der Waals surface area contributed by atoms with Crippen LogP contribution in [0.25, 0.3) is 0 Å². The Morgan fingerprint density at radius 1 is 1.47 bits per heavy atom. The highest BCUT2D eigenvalue weighted by Gasteiger charge is 2.34. The third-order valence-corrected chi connectivity index (χ3v) is 4.56. The van der Waals surface area contributed by atoms with Gasteiger partial charge in [0.05, 0.1) is 10.4 Å². The molecule has 17 heavy (non-hydrogen) atoms. The lowest BCUT2D eigenvalue weighted by atomic mass is 10.00. The highest BCUT2D eigenvalue weighted by Crippen LogP contribution is 2.25. The molecular formula is C13H20N2OS. The fourth-order valence-electron chi connectivity index (χ4n) is 2.17. The van der Waals surface area contributed by atoms with Crippen LogP contribution in [-0.2, 0) is 0 Å². The maximum Gasteiger partial charge on any atom is 0.264 e. The van der Waals surface area contributed by atoms with Crippen molar-refractivity contribution in [3.05, 3.63) is 21.4 Å². The minimum Gasteiger partial charge on any atom is -0.330 e. The molecule has 4 heteroatoms. The van der Waals surface area contributed by atoms with Crippen LogP contribution in [0.2, 0.25) is 0 Å². The Labute approximate surface area is 107 Å². The zero-order valence-corrected chi connectivity index (χ0v) is 11.8. The number of rotatable bonds is 1. The van der Waals surface area contributed by atoms with E-state index in [0.717, 1.165) is 24.5 Å². The SMILES string of the molecule is Cc1cc(C(=O)N2CCNCC2(C)C)sc1C. The topological polar surface area (TPSA) is 32.3 Å². The summed E-state index contributed by atoms with van der Waals surface area (Å²) in [4.78, 5) is 16.6. The molecule has 1 aliphatic heterocycles. The van der Waals surface area contributed by atoms with Gasteiger partial charge in [-0.05, 0) is 39.3 Å². The molecule has 0 atom stereocenters. The molecular weight excluding hydrogens is 232 g/mol. The second kappa shape index (κ2) is 4.42. The Hall–Kier alpha value is -0.870. The minimum absolute atomic E-state index is 0.0961. The van der Waals surface area contributed by atoms with Crippen molar-refractivity contribution in [3.8, 4) is 0 Å². The van der Waals surface area contributed by atoms with E-state index in [0.29, 0.717) is 0 Å². The van der Waals surface area contributed by atoms with Crippen LogP contribution in [0.15, 0.2) is 6.07 Å². The Kier molecular flexibility index (Phi) is 3.27. The van der Waals surface area contributed by atoms with Crippen molar-refractivity contribution in [2.45, 2.75) is 33.2 Å². The molecule has 0 saturated carbocycles. The summed E-state index contributed by atoms with van der Waals surface area (Å²) in [5, 5.41) is 3.34. The first-order chi connectivity index (χ1) is 7.92. The molecule has 0 aliphatic carbocycles. The van der Waals surface area contributed by atoms with Gasteiger partial charge in [-0.15, -0.1) is 11.3 Å². The molecule has 3 nitrogen and oxygen atoms in total. The van der Waals surface area contributed by atoms with Crippen molar-refractivity contribution < 1.29 is 4.79 Å². The molecule has 0 radical (unpaired) electrons. The summed E-state index contributed by atoms with van der Waals surface area (Å²) >= 11 is 1.61. The molecule has 1 fully saturated rings. The first kappa shape index (κ1) is 12.6. The summed E-state index contributed by atoms with van der Waals surface area (Å²) in [6.07, 6.45) is 0. The summed E-state index contributed by atoms with van der Waals surface area (Å²) in [6, 6.07) is 2.01. The second-order valence-electron chi connectivity index (χ2n) is 5.30. The zero-order valence-electron chi connectivity index (χ0n) is 11.0. The number of piperazine rings is 1. The van der Waals surface area contributed by atoms with Crippen molar-refractivity contribution in [1.29, 1.82) is 0 Å². The van der Waals surface area contributed by atoms with Crippen molar-refractivity contribution in [1.82, 2.24) is 10.2 Å². The Morgan fingerprint density at radius 2 is 2.18 bits per heavy atom. The van der Waals surface area contributed by atoms with Gasteiger partial charge in [0.25, 0.3) is 5.91 Å². The first-order valence-corrected chi connectivity index (χ1v) is 6.83. The van der Waals surface area contributed by atoms with E-state index < -0.39 is 0 Å². The first-order valence-electron chi connectivity index (χ1n) is 6.01. The smallest absolute Gasteiger partial charge is 0.264 e. The molecule has 94 valence electrons. The maximum atomic E-state index is 12.5. The van der Waals surface area contributed by atoms with Gasteiger partial charge in [-0.2, -0.15) is 0 Å². The maximum absolute atomic E-state index is 12.5. The quantitative estimate of drug-likeness (QED) is 0.831. The molecule has 1 amide bonds. The van der Waals surface area contributed by atoms with E-state index in [2.05, 4.69) is 33.0 Å². The van der Waals surface area contributed by atoms with Gasteiger partial charge in [0.15, 0.2) is 0 Å². The van der Waals surface area contributed by atoms with Gasteiger partial charge >= 0.3 is 0 Å². The summed E-state index contributed by atoms with van der Waals surface area (Å²) in [5.74, 6) is 0.178. The summed E-state index contributed by atoms with van der Waals surface area (Å²) in [6.45, 7) is 10.9. The van der Waals surface area contributed by atoms with Crippen molar-refractivity contribution in [3.63, 3.8) is 0 Å². The van der Waals surface area contributed by atoms with Gasteiger partial charge in [-0.25, -0.2) is 0 Å². The van der Waals surface area contributed by atoms with Crippen LogP contribution in [0.1, 0.15) is 34.0 Å². The zero-order chi connectivity index (χ0) is 12.6. The average molecular weight is 252 g/mol. The third kappa shape index (κ3) is 2.38. The molecule has 0 bridgehead atoms. The number of carbonyl (C=O) groups excluding carboxylic acids is 1. The number of hydrogen-bond donors (Lipinski definition) is 1. The Balaban J connectivity index is 2.24. The van der Waals surface area contributed by atoms with E-state index >= 15 is 0 Å². The van der Waals surface area contributed by atoms with E-state index in [1.54, 1.807) is 11.3 Å². The predicted octanol–water partition coefficient (Wildman–Crippen LogP) is 2.19. The third-order valence-electron chi connectivity index (χ3n) is 3.42. The minimum atomic E-state index is -0.0961. The van der Waals surface area contributed by atoms with Gasteiger partial charge in [0, 0.05) is 24.5 Å². The van der Waals surface area contributed by atoms with Crippen LogP contribution < -0.4 is 5.32 Å². The van der Waals surface area contributed by atoms with E-state index in [1.165, 1.54) is 10.4 Å². The highest BCUT2D eigenvalue weighted by molar-refractivity contribution is 7.14. The lowest BCUT2D eigenvalue weighted by Crippen LogP contribution is -2.59. The van der Waals surface area contributed by atoms with Crippen LogP contribution >= 0.6 is 11.3 Å². The van der Waals surface area contributed by atoms with Gasteiger partial charge in [0.1, 0.15) is 0 Å². The lowest BCUT2D eigenvalue weighted by Gasteiger charge is -2.42. The number of aryl methyl sites for hydroxylation is 2. The summed E-state index contributed by atoms with van der Waals surface area (Å²) in [7, 11) is 0. The van der Waals surface area contributed by atoms with Gasteiger partial charge < -0.3 is 10.2 Å². The second-order valence-corrected chi connectivity index (χ2v) is 6.55. The summed E-state index contributed by atoms with van der Waals surface area (Å²) in [5.41, 5.74) is 1.12.